The number of ether oxygens (including phenoxy) is 4. The van der Waals surface area contributed by atoms with Crippen molar-refractivity contribution in [3.8, 4) is 11.5 Å². The third-order valence-corrected chi connectivity index (χ3v) is 10.0. The molecule has 0 aliphatic rings. The van der Waals surface area contributed by atoms with Gasteiger partial charge in [0.25, 0.3) is 0 Å². The predicted molar refractivity (Wildman–Crippen MR) is 236 cm³/mol. The van der Waals surface area contributed by atoms with Crippen molar-refractivity contribution in [2.24, 2.45) is 0 Å². The molecule has 0 saturated heterocycles. The second kappa shape index (κ2) is 23.5. The summed E-state index contributed by atoms with van der Waals surface area (Å²) in [6, 6.07) is 59.0. The summed E-state index contributed by atoms with van der Waals surface area (Å²) >= 11 is 0. The highest BCUT2D eigenvalue weighted by Crippen LogP contribution is 2.31. The highest BCUT2D eigenvalue weighted by molar-refractivity contribution is 5.35. The maximum atomic E-state index is 6.51. The highest BCUT2D eigenvalue weighted by Gasteiger charge is 2.24. The number of para-hydroxylation sites is 2. The third kappa shape index (κ3) is 12.9. The van der Waals surface area contributed by atoms with Crippen LogP contribution < -0.4 is 9.47 Å². The second-order valence-corrected chi connectivity index (χ2v) is 14.2. The molecule has 58 heavy (non-hydrogen) atoms. The highest BCUT2D eigenvalue weighted by atomic mass is 16.5. The lowest BCUT2D eigenvalue weighted by Gasteiger charge is -2.33. The summed E-state index contributed by atoms with van der Waals surface area (Å²) in [7, 11) is 0. The van der Waals surface area contributed by atoms with Gasteiger partial charge in [0.05, 0.1) is 38.5 Å². The Balaban J connectivity index is 1.17. The molecule has 2 atom stereocenters. The molecule has 6 heteroatoms. The van der Waals surface area contributed by atoms with Gasteiger partial charge in [0, 0.05) is 37.3 Å². The number of rotatable bonds is 25. The van der Waals surface area contributed by atoms with Crippen LogP contribution in [0.5, 0.6) is 11.5 Å². The molecule has 6 rings (SSSR count). The summed E-state index contributed by atoms with van der Waals surface area (Å²) < 4.78 is 25.2. The average molecular weight is 773 g/mol. The van der Waals surface area contributed by atoms with Gasteiger partial charge in [0.15, 0.2) is 0 Å². The van der Waals surface area contributed by atoms with Crippen molar-refractivity contribution in [3.05, 3.63) is 229 Å². The molecular weight excluding hydrogens is 717 g/mol. The van der Waals surface area contributed by atoms with Gasteiger partial charge in [0.1, 0.15) is 24.7 Å². The van der Waals surface area contributed by atoms with E-state index >= 15 is 0 Å². The monoisotopic (exact) mass is 772 g/mol. The fourth-order valence-electron chi connectivity index (χ4n) is 7.18. The van der Waals surface area contributed by atoms with E-state index in [1.165, 1.54) is 22.3 Å². The molecule has 0 saturated carbocycles. The minimum atomic E-state index is 0.0192. The third-order valence-electron chi connectivity index (χ3n) is 10.0. The smallest absolute Gasteiger partial charge is 0.123 e. The molecular formula is C52H56N2O4. The Kier molecular flexibility index (Phi) is 16.9. The molecule has 0 fully saturated rings. The molecule has 6 aromatic rings. The van der Waals surface area contributed by atoms with E-state index in [0.717, 1.165) is 35.7 Å². The van der Waals surface area contributed by atoms with Gasteiger partial charge in [-0.2, -0.15) is 0 Å². The quantitative estimate of drug-likeness (QED) is 0.0426. The van der Waals surface area contributed by atoms with Gasteiger partial charge in [0.2, 0.25) is 0 Å². The maximum absolute atomic E-state index is 6.51. The Morgan fingerprint density at radius 3 is 1.14 bits per heavy atom. The van der Waals surface area contributed by atoms with Crippen LogP contribution in [-0.2, 0) is 35.7 Å². The lowest BCUT2D eigenvalue weighted by molar-refractivity contribution is 0.0628. The first-order valence-electron chi connectivity index (χ1n) is 20.2. The molecule has 0 radical (unpaired) electrons. The van der Waals surface area contributed by atoms with E-state index < -0.39 is 0 Å². The van der Waals surface area contributed by atoms with Crippen molar-refractivity contribution in [2.45, 2.75) is 38.3 Å². The molecule has 0 amide bonds. The van der Waals surface area contributed by atoms with Crippen LogP contribution in [0.1, 0.15) is 45.5 Å². The van der Waals surface area contributed by atoms with E-state index in [1.807, 2.05) is 12.1 Å². The maximum Gasteiger partial charge on any atom is 0.123 e. The lowest BCUT2D eigenvalue weighted by Crippen LogP contribution is -2.31. The van der Waals surface area contributed by atoms with Crippen LogP contribution in [0.2, 0.25) is 0 Å². The van der Waals surface area contributed by atoms with Gasteiger partial charge in [-0.1, -0.05) is 170 Å². The fraction of sp³-hybridized carbons (Fsp3) is 0.231. The van der Waals surface area contributed by atoms with Crippen molar-refractivity contribution >= 4 is 0 Å². The van der Waals surface area contributed by atoms with Gasteiger partial charge in [-0.05, 0) is 34.4 Å². The molecule has 0 unspecified atom stereocenters. The zero-order valence-electron chi connectivity index (χ0n) is 33.5. The molecule has 0 heterocycles. The largest absolute Gasteiger partial charge is 0.490 e. The van der Waals surface area contributed by atoms with Crippen molar-refractivity contribution in [1.82, 2.24) is 9.80 Å². The Morgan fingerprint density at radius 1 is 0.414 bits per heavy atom. The van der Waals surface area contributed by atoms with E-state index in [1.54, 1.807) is 12.2 Å². The topological polar surface area (TPSA) is 43.4 Å². The van der Waals surface area contributed by atoms with E-state index in [9.17, 15) is 0 Å². The van der Waals surface area contributed by atoms with Crippen molar-refractivity contribution in [1.29, 1.82) is 0 Å². The van der Waals surface area contributed by atoms with E-state index in [4.69, 9.17) is 18.9 Å². The first kappa shape index (κ1) is 41.9. The van der Waals surface area contributed by atoms with E-state index in [2.05, 4.69) is 181 Å². The number of hydrogen-bond donors (Lipinski definition) is 0. The lowest BCUT2D eigenvalue weighted by atomic mass is 10.0. The zero-order chi connectivity index (χ0) is 40.0. The van der Waals surface area contributed by atoms with Crippen LogP contribution in [0.4, 0.5) is 0 Å². The van der Waals surface area contributed by atoms with Gasteiger partial charge in [-0.3, -0.25) is 9.80 Å². The fourth-order valence-corrected chi connectivity index (χ4v) is 7.18. The van der Waals surface area contributed by atoms with E-state index in [-0.39, 0.29) is 12.1 Å². The molecule has 0 aliphatic heterocycles. The molecule has 0 bridgehead atoms. The van der Waals surface area contributed by atoms with Crippen LogP contribution in [-0.4, -0.2) is 49.4 Å². The van der Waals surface area contributed by atoms with Crippen molar-refractivity contribution in [3.63, 3.8) is 0 Å². The van der Waals surface area contributed by atoms with Gasteiger partial charge in [-0.25, -0.2) is 0 Å². The SMILES string of the molecule is C=CCOC[C@@H](c1ccccc1)N(Cc1ccccc1)Cc1ccccc1OCCOc1ccccc1CN(Cc1ccccc1)[C@@H](COCC=C)c1ccccc1. The summed E-state index contributed by atoms with van der Waals surface area (Å²) in [6.45, 7) is 13.4. The van der Waals surface area contributed by atoms with Crippen LogP contribution in [0.25, 0.3) is 0 Å². The molecule has 0 aromatic heterocycles. The summed E-state index contributed by atoms with van der Waals surface area (Å²) in [5.74, 6) is 1.69. The minimum Gasteiger partial charge on any atom is -0.490 e. The van der Waals surface area contributed by atoms with Gasteiger partial charge in [-0.15, -0.1) is 13.2 Å². The molecule has 0 spiro atoms. The minimum absolute atomic E-state index is 0.0192. The van der Waals surface area contributed by atoms with Crippen molar-refractivity contribution < 1.29 is 18.9 Å². The van der Waals surface area contributed by atoms with Gasteiger partial charge >= 0.3 is 0 Å². The van der Waals surface area contributed by atoms with Crippen LogP contribution in [0.3, 0.4) is 0 Å². The second-order valence-electron chi connectivity index (χ2n) is 14.2. The summed E-state index contributed by atoms with van der Waals surface area (Å²) in [6.07, 6.45) is 3.60. The first-order valence-corrected chi connectivity index (χ1v) is 20.2. The molecule has 0 aliphatic carbocycles. The Morgan fingerprint density at radius 2 is 0.759 bits per heavy atom. The number of nitrogens with zero attached hydrogens (tertiary/aromatic N) is 2. The Hall–Kier alpha value is -5.76. The first-order chi connectivity index (χ1) is 28.7. The zero-order valence-corrected chi connectivity index (χ0v) is 33.5. The Bertz CT molecular complexity index is 1910. The van der Waals surface area contributed by atoms with Crippen LogP contribution in [0.15, 0.2) is 195 Å². The normalized spacial score (nSPS) is 12.2. The molecule has 298 valence electrons. The molecule has 6 nitrogen and oxygen atoms in total. The van der Waals surface area contributed by atoms with Crippen molar-refractivity contribution in [2.75, 3.05) is 39.6 Å². The van der Waals surface area contributed by atoms with Crippen LogP contribution in [0, 0.1) is 0 Å². The molecule has 6 aromatic carbocycles. The van der Waals surface area contributed by atoms with Gasteiger partial charge < -0.3 is 18.9 Å². The summed E-state index contributed by atoms with van der Waals surface area (Å²) in [5.41, 5.74) is 7.08. The van der Waals surface area contributed by atoms with Crippen LogP contribution >= 0.6 is 0 Å². The average Bonchev–Trinajstić information content (AvgIpc) is 3.27. The number of hydrogen-bond acceptors (Lipinski definition) is 6. The summed E-state index contributed by atoms with van der Waals surface area (Å²) in [5, 5.41) is 0. The molecule has 0 N–H and O–H groups in total. The number of benzene rings is 6. The van der Waals surface area contributed by atoms with E-state index in [0.29, 0.717) is 52.7 Å². The predicted octanol–water partition coefficient (Wildman–Crippen LogP) is 11.0. The Labute approximate surface area is 345 Å². The standard InChI is InChI=1S/C52H56N2O4/c1-3-33-55-41-49(45-25-13-7-14-26-45)53(37-43-21-9-5-10-22-43)39-47-29-17-19-31-51(47)57-35-36-58-52-32-20-18-30-48(52)40-54(38-44-23-11-6-12-24-44)50(42-56-34-4-2)46-27-15-8-16-28-46/h3-32,49-50H,1-2,33-42H2/t49-,50-/m0/s1. The summed E-state index contributed by atoms with van der Waals surface area (Å²) in [4.78, 5) is 4.93.